The zero-order valence-electron chi connectivity index (χ0n) is 12.6. The Kier molecular flexibility index (Phi) is 5.96. The summed E-state index contributed by atoms with van der Waals surface area (Å²) in [5.74, 6) is 0. The van der Waals surface area contributed by atoms with Crippen molar-refractivity contribution in [3.8, 4) is 0 Å². The predicted molar refractivity (Wildman–Crippen MR) is 90.5 cm³/mol. The number of hydrogen-bond acceptors (Lipinski definition) is 4. The number of nitrogens with zero attached hydrogens (tertiary/aromatic N) is 2. The van der Waals surface area contributed by atoms with Crippen LogP contribution in [0.3, 0.4) is 0 Å². The molecule has 0 bridgehead atoms. The summed E-state index contributed by atoms with van der Waals surface area (Å²) in [7, 11) is -2.50. The minimum Gasteiger partial charge on any atom is -0.302 e. The van der Waals surface area contributed by atoms with Crippen LogP contribution in [0.5, 0.6) is 0 Å². The second-order valence-corrected chi connectivity index (χ2v) is 8.08. The summed E-state index contributed by atoms with van der Waals surface area (Å²) in [6, 6.07) is 13.4. The third-order valence-electron chi connectivity index (χ3n) is 3.41. The van der Waals surface area contributed by atoms with E-state index in [1.54, 1.807) is 0 Å². The van der Waals surface area contributed by atoms with E-state index in [2.05, 4.69) is 23.1 Å². The molecule has 1 atom stereocenters. The summed E-state index contributed by atoms with van der Waals surface area (Å²) in [6.45, 7) is 7.71. The van der Waals surface area contributed by atoms with Crippen molar-refractivity contribution in [3.05, 3.63) is 47.8 Å². The predicted octanol–water partition coefficient (Wildman–Crippen LogP) is 3.98. The topological polar surface area (TPSA) is 32.7 Å². The fourth-order valence-electron chi connectivity index (χ4n) is 2.13. The average Bonchev–Trinajstić information content (AvgIpc) is 3.07. The van der Waals surface area contributed by atoms with E-state index in [-0.39, 0.29) is 0 Å². The lowest BCUT2D eigenvalue weighted by atomic mass is 10.4. The van der Waals surface area contributed by atoms with Gasteiger partial charge >= 0.3 is 0 Å². The Hall–Kier alpha value is -1.17. The molecule has 0 radical (unpaired) electrons. The number of rotatable bonds is 7. The lowest BCUT2D eigenvalue weighted by molar-refractivity contribution is 0.313. The van der Waals surface area contributed by atoms with Crippen LogP contribution in [0.1, 0.15) is 13.8 Å². The SMILES string of the molecule is CCN(CC)CCN=S(=O)(c1ccccc1)c1cccs1. The van der Waals surface area contributed by atoms with Gasteiger partial charge in [-0.25, -0.2) is 8.57 Å². The van der Waals surface area contributed by atoms with Gasteiger partial charge in [-0.05, 0) is 36.7 Å². The zero-order chi connectivity index (χ0) is 15.1. The van der Waals surface area contributed by atoms with E-state index in [0.29, 0.717) is 6.54 Å². The summed E-state index contributed by atoms with van der Waals surface area (Å²) < 4.78 is 18.9. The molecule has 2 rings (SSSR count). The Morgan fingerprint density at radius 3 is 2.38 bits per heavy atom. The van der Waals surface area contributed by atoms with E-state index in [1.807, 2.05) is 47.8 Å². The smallest absolute Gasteiger partial charge is 0.113 e. The second-order valence-electron chi connectivity index (χ2n) is 4.65. The Balaban J connectivity index is 2.32. The molecule has 1 unspecified atom stereocenters. The molecule has 0 amide bonds. The number of hydrogen-bond donors (Lipinski definition) is 0. The van der Waals surface area contributed by atoms with Gasteiger partial charge < -0.3 is 4.90 Å². The normalized spacial score (nSPS) is 14.0. The lowest BCUT2D eigenvalue weighted by Gasteiger charge is -2.17. The van der Waals surface area contributed by atoms with Crippen molar-refractivity contribution in [2.24, 2.45) is 4.36 Å². The van der Waals surface area contributed by atoms with Gasteiger partial charge in [-0.3, -0.25) is 0 Å². The summed E-state index contributed by atoms with van der Waals surface area (Å²) in [6.07, 6.45) is 0. The zero-order valence-corrected chi connectivity index (χ0v) is 14.2. The first-order chi connectivity index (χ1) is 10.2. The minimum absolute atomic E-state index is 0.591. The van der Waals surface area contributed by atoms with Crippen LogP contribution in [0.25, 0.3) is 0 Å². The van der Waals surface area contributed by atoms with Gasteiger partial charge in [-0.2, -0.15) is 0 Å². The van der Waals surface area contributed by atoms with E-state index >= 15 is 0 Å². The molecule has 0 spiro atoms. The standard InChI is InChI=1S/C16H22N2OS2/c1-3-18(4-2)13-12-17-21(19,16-11-8-14-20-16)15-9-6-5-7-10-15/h5-11,14H,3-4,12-13H2,1-2H3. The van der Waals surface area contributed by atoms with Crippen LogP contribution in [-0.4, -0.2) is 35.3 Å². The van der Waals surface area contributed by atoms with Crippen LogP contribution in [0.4, 0.5) is 0 Å². The molecule has 0 aliphatic rings. The molecule has 0 saturated carbocycles. The third-order valence-corrected chi connectivity index (χ3v) is 7.18. The van der Waals surface area contributed by atoms with Gasteiger partial charge in [-0.15, -0.1) is 11.3 Å². The van der Waals surface area contributed by atoms with Gasteiger partial charge in [0.1, 0.15) is 13.9 Å². The van der Waals surface area contributed by atoms with Crippen molar-refractivity contribution >= 4 is 21.1 Å². The molecule has 1 aromatic heterocycles. The molecule has 0 fully saturated rings. The van der Waals surface area contributed by atoms with Crippen molar-refractivity contribution in [1.82, 2.24) is 4.90 Å². The Morgan fingerprint density at radius 1 is 1.10 bits per heavy atom. The molecule has 1 heterocycles. The average molecular weight is 322 g/mol. The van der Waals surface area contributed by atoms with Gasteiger partial charge in [0.25, 0.3) is 0 Å². The highest BCUT2D eigenvalue weighted by Gasteiger charge is 2.16. The van der Waals surface area contributed by atoms with Crippen LogP contribution in [0, 0.1) is 0 Å². The van der Waals surface area contributed by atoms with Crippen LogP contribution in [0.2, 0.25) is 0 Å². The van der Waals surface area contributed by atoms with Crippen molar-refractivity contribution in [3.63, 3.8) is 0 Å². The molecule has 3 nitrogen and oxygen atoms in total. The minimum atomic E-state index is -2.50. The molecule has 5 heteroatoms. The van der Waals surface area contributed by atoms with Crippen molar-refractivity contribution in [2.45, 2.75) is 23.0 Å². The van der Waals surface area contributed by atoms with Crippen LogP contribution in [0.15, 0.2) is 61.3 Å². The van der Waals surface area contributed by atoms with E-state index in [4.69, 9.17) is 0 Å². The first-order valence-corrected chi connectivity index (χ1v) is 9.64. The quantitative estimate of drug-likeness (QED) is 0.772. The Morgan fingerprint density at radius 2 is 1.81 bits per heavy atom. The van der Waals surface area contributed by atoms with E-state index in [1.165, 1.54) is 11.3 Å². The van der Waals surface area contributed by atoms with Crippen LogP contribution in [-0.2, 0) is 9.73 Å². The van der Waals surface area contributed by atoms with Gasteiger partial charge in [-0.1, -0.05) is 38.1 Å². The number of benzene rings is 1. The highest BCUT2D eigenvalue weighted by molar-refractivity contribution is 7.95. The number of thiophene rings is 1. The van der Waals surface area contributed by atoms with Gasteiger partial charge in [0.15, 0.2) is 0 Å². The molecule has 0 aliphatic heterocycles. The van der Waals surface area contributed by atoms with Crippen molar-refractivity contribution in [1.29, 1.82) is 0 Å². The molecular formula is C16H22N2OS2. The van der Waals surface area contributed by atoms with E-state index < -0.39 is 9.73 Å². The first kappa shape index (κ1) is 16.2. The summed E-state index contributed by atoms with van der Waals surface area (Å²) in [4.78, 5) is 3.09. The largest absolute Gasteiger partial charge is 0.302 e. The molecule has 1 aromatic carbocycles. The monoisotopic (exact) mass is 322 g/mol. The summed E-state index contributed by atoms with van der Waals surface area (Å²) >= 11 is 1.51. The van der Waals surface area contributed by atoms with Crippen molar-refractivity contribution < 1.29 is 4.21 Å². The van der Waals surface area contributed by atoms with Gasteiger partial charge in [0.05, 0.1) is 11.4 Å². The van der Waals surface area contributed by atoms with E-state index in [9.17, 15) is 4.21 Å². The molecule has 114 valence electrons. The molecule has 0 saturated heterocycles. The third kappa shape index (κ3) is 3.93. The fraction of sp³-hybridized carbons (Fsp3) is 0.375. The summed E-state index contributed by atoms with van der Waals surface area (Å²) in [5, 5.41) is 1.96. The molecule has 21 heavy (non-hydrogen) atoms. The molecule has 0 aliphatic carbocycles. The van der Waals surface area contributed by atoms with Crippen LogP contribution < -0.4 is 0 Å². The Labute approximate surface area is 131 Å². The van der Waals surface area contributed by atoms with E-state index in [0.717, 1.165) is 28.7 Å². The first-order valence-electron chi connectivity index (χ1n) is 7.24. The highest BCUT2D eigenvalue weighted by atomic mass is 32.2. The molecule has 2 aromatic rings. The van der Waals surface area contributed by atoms with Crippen molar-refractivity contribution in [2.75, 3.05) is 26.2 Å². The maximum absolute atomic E-state index is 13.4. The fourth-order valence-corrected chi connectivity index (χ4v) is 5.35. The lowest BCUT2D eigenvalue weighted by Crippen LogP contribution is -2.26. The highest BCUT2D eigenvalue weighted by Crippen LogP contribution is 2.27. The van der Waals surface area contributed by atoms with Gasteiger partial charge in [0.2, 0.25) is 0 Å². The van der Waals surface area contributed by atoms with Gasteiger partial charge in [0, 0.05) is 6.54 Å². The Bertz CT molecular complexity index is 640. The summed E-state index contributed by atoms with van der Waals surface area (Å²) in [5.41, 5.74) is 0. The molecular weight excluding hydrogens is 300 g/mol. The maximum atomic E-state index is 13.4. The number of likely N-dealkylation sites (N-methyl/N-ethyl adjacent to an activating group) is 1. The van der Waals surface area contributed by atoms with Crippen LogP contribution >= 0.6 is 11.3 Å². The molecule has 0 N–H and O–H groups in total. The second kappa shape index (κ2) is 7.73. The maximum Gasteiger partial charge on any atom is 0.113 e.